The number of β-amino-alcohol motifs (C(OH)–C–C–N with tert-alkyl or cyclic N) is 1. The van der Waals surface area contributed by atoms with Crippen LogP contribution in [0.15, 0.2) is 48.5 Å². The van der Waals surface area contributed by atoms with Gasteiger partial charge in [-0.25, -0.2) is 0 Å². The number of rotatable bonds is 7. The van der Waals surface area contributed by atoms with Gasteiger partial charge in [-0.1, -0.05) is 23.7 Å². The summed E-state index contributed by atoms with van der Waals surface area (Å²) in [5.41, 5.74) is 1.19. The van der Waals surface area contributed by atoms with Crippen LogP contribution in [0.1, 0.15) is 0 Å². The molecule has 0 aliphatic carbocycles. The molecule has 0 saturated carbocycles. The van der Waals surface area contributed by atoms with Crippen LogP contribution in [0, 0.1) is 0 Å². The minimum atomic E-state index is -0.540. The molecule has 2 aromatic carbocycles. The molecule has 0 spiro atoms. The molecule has 0 aromatic heterocycles. The van der Waals surface area contributed by atoms with Gasteiger partial charge in [-0.05, 0) is 36.4 Å². The van der Waals surface area contributed by atoms with Gasteiger partial charge in [0.25, 0.3) is 0 Å². The number of para-hydroxylation sites is 2. The maximum absolute atomic E-state index is 10.3. The van der Waals surface area contributed by atoms with Gasteiger partial charge in [0.2, 0.25) is 0 Å². The lowest BCUT2D eigenvalue weighted by molar-refractivity contribution is 0.0653. The van der Waals surface area contributed by atoms with Gasteiger partial charge in [0.15, 0.2) is 11.5 Å². The van der Waals surface area contributed by atoms with Crippen molar-refractivity contribution in [1.29, 1.82) is 0 Å². The van der Waals surface area contributed by atoms with Crippen molar-refractivity contribution in [3.05, 3.63) is 53.6 Å². The number of aliphatic hydroxyl groups excluding tert-OH is 1. The lowest BCUT2D eigenvalue weighted by Gasteiger charge is -2.36. The standard InChI is InChI=1S/C20H25ClN2O3/c1-25-19-4-2-3-5-20(19)26-15-18(24)14-22-10-12-23(13-11-22)17-8-6-16(21)7-9-17/h2-9,18,24H,10-15H2,1H3/t18-/m1/s1. The molecule has 5 nitrogen and oxygen atoms in total. The molecular formula is C20H25ClN2O3. The zero-order valence-corrected chi connectivity index (χ0v) is 15.7. The lowest BCUT2D eigenvalue weighted by Crippen LogP contribution is -2.49. The normalized spacial score (nSPS) is 16.3. The maximum Gasteiger partial charge on any atom is 0.161 e. The van der Waals surface area contributed by atoms with E-state index in [1.54, 1.807) is 7.11 Å². The third-order valence-corrected chi connectivity index (χ3v) is 4.79. The molecule has 0 radical (unpaired) electrons. The summed E-state index contributed by atoms with van der Waals surface area (Å²) in [7, 11) is 1.61. The van der Waals surface area contributed by atoms with E-state index in [-0.39, 0.29) is 6.61 Å². The molecule has 2 aromatic rings. The van der Waals surface area contributed by atoms with E-state index >= 15 is 0 Å². The lowest BCUT2D eigenvalue weighted by atomic mass is 10.2. The van der Waals surface area contributed by atoms with Gasteiger partial charge in [0.05, 0.1) is 7.11 Å². The SMILES string of the molecule is COc1ccccc1OC[C@H](O)CN1CCN(c2ccc(Cl)cc2)CC1. The van der Waals surface area contributed by atoms with Gasteiger partial charge < -0.3 is 19.5 Å². The second-order valence-corrected chi connectivity index (χ2v) is 6.82. The van der Waals surface area contributed by atoms with Crippen molar-refractivity contribution in [3.63, 3.8) is 0 Å². The van der Waals surface area contributed by atoms with E-state index in [0.717, 1.165) is 31.2 Å². The molecule has 6 heteroatoms. The zero-order chi connectivity index (χ0) is 18.4. The molecule has 26 heavy (non-hydrogen) atoms. The predicted octanol–water partition coefficient (Wildman–Crippen LogP) is 2.91. The van der Waals surface area contributed by atoms with Gasteiger partial charge in [-0.15, -0.1) is 0 Å². The van der Waals surface area contributed by atoms with Crippen molar-refractivity contribution in [1.82, 2.24) is 4.90 Å². The fourth-order valence-electron chi connectivity index (χ4n) is 3.12. The number of nitrogens with zero attached hydrogens (tertiary/aromatic N) is 2. The summed E-state index contributed by atoms with van der Waals surface area (Å²) >= 11 is 5.95. The van der Waals surface area contributed by atoms with Gasteiger partial charge in [0, 0.05) is 43.4 Å². The Kier molecular flexibility index (Phi) is 6.61. The van der Waals surface area contributed by atoms with Crippen molar-refractivity contribution < 1.29 is 14.6 Å². The number of halogens is 1. The second kappa shape index (κ2) is 9.12. The first-order chi connectivity index (χ1) is 12.7. The Bertz CT molecular complexity index is 688. The minimum absolute atomic E-state index is 0.248. The molecule has 1 saturated heterocycles. The summed E-state index contributed by atoms with van der Waals surface area (Å²) in [6.45, 7) is 4.54. The van der Waals surface area contributed by atoms with E-state index in [1.165, 1.54) is 5.69 Å². The third kappa shape index (κ3) is 5.04. The number of hydrogen-bond donors (Lipinski definition) is 1. The highest BCUT2D eigenvalue weighted by atomic mass is 35.5. The summed E-state index contributed by atoms with van der Waals surface area (Å²) in [4.78, 5) is 4.60. The Morgan fingerprint density at radius 2 is 1.65 bits per heavy atom. The van der Waals surface area contributed by atoms with E-state index in [9.17, 15) is 5.11 Å². The Hall–Kier alpha value is -1.95. The van der Waals surface area contributed by atoms with E-state index in [4.69, 9.17) is 21.1 Å². The molecule has 1 aliphatic heterocycles. The molecule has 3 rings (SSSR count). The fraction of sp³-hybridized carbons (Fsp3) is 0.400. The smallest absolute Gasteiger partial charge is 0.161 e. The number of piperazine rings is 1. The molecule has 0 amide bonds. The molecular weight excluding hydrogens is 352 g/mol. The van der Waals surface area contributed by atoms with E-state index in [2.05, 4.69) is 9.80 Å². The number of ether oxygens (including phenoxy) is 2. The molecule has 140 valence electrons. The summed E-state index contributed by atoms with van der Waals surface area (Å²) in [5.74, 6) is 1.33. The van der Waals surface area contributed by atoms with Gasteiger partial charge >= 0.3 is 0 Å². The highest BCUT2D eigenvalue weighted by Crippen LogP contribution is 2.26. The van der Waals surface area contributed by atoms with Crippen molar-refractivity contribution in [2.24, 2.45) is 0 Å². The summed E-state index contributed by atoms with van der Waals surface area (Å²) < 4.78 is 11.0. The van der Waals surface area contributed by atoms with Crippen molar-refractivity contribution in [2.45, 2.75) is 6.10 Å². The topological polar surface area (TPSA) is 45.2 Å². The molecule has 1 aliphatic rings. The second-order valence-electron chi connectivity index (χ2n) is 6.38. The van der Waals surface area contributed by atoms with Crippen LogP contribution >= 0.6 is 11.6 Å². The average molecular weight is 377 g/mol. The maximum atomic E-state index is 10.3. The third-order valence-electron chi connectivity index (χ3n) is 4.53. The zero-order valence-electron chi connectivity index (χ0n) is 15.0. The number of aliphatic hydroxyl groups is 1. The number of anilines is 1. The highest BCUT2D eigenvalue weighted by Gasteiger charge is 2.20. The van der Waals surface area contributed by atoms with Crippen LogP contribution in [0.25, 0.3) is 0 Å². The Morgan fingerprint density at radius 1 is 1.00 bits per heavy atom. The van der Waals surface area contributed by atoms with Crippen molar-refractivity contribution in [3.8, 4) is 11.5 Å². The van der Waals surface area contributed by atoms with Crippen LogP contribution < -0.4 is 14.4 Å². The Labute approximate surface area is 159 Å². The van der Waals surface area contributed by atoms with Gasteiger partial charge in [0.1, 0.15) is 12.7 Å². The van der Waals surface area contributed by atoms with Crippen molar-refractivity contribution in [2.75, 3.05) is 51.3 Å². The number of benzene rings is 2. The quantitative estimate of drug-likeness (QED) is 0.805. The van der Waals surface area contributed by atoms with Gasteiger partial charge in [-0.3, -0.25) is 4.90 Å². The van der Waals surface area contributed by atoms with Crippen LogP contribution in [0.4, 0.5) is 5.69 Å². The van der Waals surface area contributed by atoms with Crippen LogP contribution in [-0.4, -0.2) is 62.6 Å². The average Bonchev–Trinajstić information content (AvgIpc) is 2.68. The van der Waals surface area contributed by atoms with Crippen LogP contribution in [0.3, 0.4) is 0 Å². The molecule has 1 fully saturated rings. The van der Waals surface area contributed by atoms with Crippen molar-refractivity contribution >= 4 is 17.3 Å². The first-order valence-corrected chi connectivity index (χ1v) is 9.20. The van der Waals surface area contributed by atoms with Crippen LogP contribution in [-0.2, 0) is 0 Å². The summed E-state index contributed by atoms with van der Waals surface area (Å²) in [6.07, 6.45) is -0.540. The first-order valence-electron chi connectivity index (χ1n) is 8.82. The van der Waals surface area contributed by atoms with Crippen LogP contribution in [0.5, 0.6) is 11.5 Å². The molecule has 1 N–H and O–H groups in total. The van der Waals surface area contributed by atoms with Gasteiger partial charge in [-0.2, -0.15) is 0 Å². The molecule has 1 atom stereocenters. The number of methoxy groups -OCH3 is 1. The van der Waals surface area contributed by atoms with E-state index < -0.39 is 6.10 Å². The first kappa shape index (κ1) is 18.8. The highest BCUT2D eigenvalue weighted by molar-refractivity contribution is 6.30. The summed E-state index contributed by atoms with van der Waals surface area (Å²) in [6, 6.07) is 15.4. The van der Waals surface area contributed by atoms with E-state index in [1.807, 2.05) is 48.5 Å². The fourth-order valence-corrected chi connectivity index (χ4v) is 3.24. The predicted molar refractivity (Wildman–Crippen MR) is 105 cm³/mol. The molecule has 0 unspecified atom stereocenters. The Balaban J connectivity index is 1.43. The molecule has 0 bridgehead atoms. The largest absolute Gasteiger partial charge is 0.493 e. The van der Waals surface area contributed by atoms with E-state index in [0.29, 0.717) is 18.0 Å². The monoisotopic (exact) mass is 376 g/mol. The van der Waals surface area contributed by atoms with Crippen LogP contribution in [0.2, 0.25) is 5.02 Å². The molecule has 1 heterocycles. The number of hydrogen-bond acceptors (Lipinski definition) is 5. The minimum Gasteiger partial charge on any atom is -0.493 e. The summed E-state index contributed by atoms with van der Waals surface area (Å²) in [5, 5.41) is 11.1. The Morgan fingerprint density at radius 3 is 2.31 bits per heavy atom.